The van der Waals surface area contributed by atoms with Crippen LogP contribution < -0.4 is 4.90 Å². The van der Waals surface area contributed by atoms with Crippen molar-refractivity contribution in [1.82, 2.24) is 0 Å². The smallest absolute Gasteiger partial charge is 0.287 e. The molecule has 1 aliphatic heterocycles. The van der Waals surface area contributed by atoms with Crippen LogP contribution in [0.1, 0.15) is 26.3 Å². The number of carbonyl (C=O) groups excluding carboxylic acids is 1. The monoisotopic (exact) mass is 242 g/mol. The van der Waals surface area contributed by atoms with Crippen LogP contribution in [0.2, 0.25) is 0 Å². The second-order valence-electron chi connectivity index (χ2n) is 5.47. The predicted molar refractivity (Wildman–Crippen MR) is 75.5 cm³/mol. The number of anilines is 1. The zero-order valence-corrected chi connectivity index (χ0v) is 11.1. The van der Waals surface area contributed by atoms with Crippen molar-refractivity contribution >= 4 is 17.4 Å². The Labute approximate surface area is 108 Å². The van der Waals surface area contributed by atoms with Crippen LogP contribution in [0.4, 0.5) is 10.5 Å². The molecule has 1 aromatic carbocycles. The molecule has 1 aromatic rings. The molecule has 0 fully saturated rings. The summed E-state index contributed by atoms with van der Waals surface area (Å²) in [5, 5.41) is 0. The highest BCUT2D eigenvalue weighted by molar-refractivity contribution is 6.15. The lowest BCUT2D eigenvalue weighted by molar-refractivity contribution is 0.256. The van der Waals surface area contributed by atoms with E-state index in [-0.39, 0.29) is 11.4 Å². The number of nitrogens with zero attached hydrogens (tertiary/aromatic N) is 2. The summed E-state index contributed by atoms with van der Waals surface area (Å²) in [5.41, 5.74) is 2.98. The van der Waals surface area contributed by atoms with Gasteiger partial charge in [-0.15, -0.1) is 0 Å². The second kappa shape index (κ2) is 4.41. The van der Waals surface area contributed by atoms with Gasteiger partial charge in [-0.05, 0) is 29.2 Å². The third kappa shape index (κ3) is 2.35. The molecule has 3 nitrogen and oxygen atoms in total. The molecule has 0 bridgehead atoms. The molecule has 2 amide bonds. The van der Waals surface area contributed by atoms with Crippen molar-refractivity contribution in [3.05, 3.63) is 42.5 Å². The molecule has 0 saturated heterocycles. The van der Waals surface area contributed by atoms with E-state index in [1.807, 2.05) is 12.1 Å². The average molecular weight is 242 g/mol. The highest BCUT2D eigenvalue weighted by atomic mass is 16.2. The fourth-order valence-corrected chi connectivity index (χ4v) is 1.90. The Kier molecular flexibility index (Phi) is 3.07. The number of benzene rings is 1. The third-order valence-corrected chi connectivity index (χ3v) is 3.07. The minimum atomic E-state index is -0.214. The first kappa shape index (κ1) is 12.6. The van der Waals surface area contributed by atoms with E-state index in [9.17, 15) is 4.79 Å². The van der Waals surface area contributed by atoms with Gasteiger partial charge in [-0.3, -0.25) is 4.90 Å². The van der Waals surface area contributed by atoms with Crippen LogP contribution in [0.15, 0.2) is 41.9 Å². The van der Waals surface area contributed by atoms with E-state index in [0.29, 0.717) is 6.54 Å². The van der Waals surface area contributed by atoms with Gasteiger partial charge < -0.3 is 0 Å². The third-order valence-electron chi connectivity index (χ3n) is 3.07. The Morgan fingerprint density at radius 1 is 1.28 bits per heavy atom. The predicted octanol–water partition coefficient (Wildman–Crippen LogP) is 3.55. The summed E-state index contributed by atoms with van der Waals surface area (Å²) in [6.45, 7) is 10.7. The van der Waals surface area contributed by atoms with Crippen molar-refractivity contribution in [2.75, 3.05) is 11.4 Å². The van der Waals surface area contributed by atoms with Crippen LogP contribution in [0.25, 0.3) is 0 Å². The van der Waals surface area contributed by atoms with Gasteiger partial charge in [0.2, 0.25) is 0 Å². The van der Waals surface area contributed by atoms with Gasteiger partial charge in [-0.25, -0.2) is 4.79 Å². The molecule has 0 saturated carbocycles. The van der Waals surface area contributed by atoms with E-state index < -0.39 is 0 Å². The fourth-order valence-electron chi connectivity index (χ4n) is 1.90. The second-order valence-corrected chi connectivity index (χ2v) is 5.47. The Balaban J connectivity index is 2.22. The molecule has 0 radical (unpaired) electrons. The summed E-state index contributed by atoms with van der Waals surface area (Å²) in [6.07, 6.45) is 1.63. The molecule has 0 unspecified atom stereocenters. The Morgan fingerprint density at radius 2 is 1.89 bits per heavy atom. The lowest BCUT2D eigenvalue weighted by Gasteiger charge is -2.21. The number of hydrogen-bond donors (Lipinski definition) is 0. The van der Waals surface area contributed by atoms with Crippen molar-refractivity contribution < 1.29 is 4.79 Å². The molecule has 18 heavy (non-hydrogen) atoms. The van der Waals surface area contributed by atoms with E-state index >= 15 is 0 Å². The van der Waals surface area contributed by atoms with Crippen LogP contribution >= 0.6 is 0 Å². The molecular weight excluding hydrogens is 224 g/mol. The van der Waals surface area contributed by atoms with E-state index in [1.54, 1.807) is 11.0 Å². The maximum Gasteiger partial charge on any atom is 0.348 e. The van der Waals surface area contributed by atoms with Gasteiger partial charge in [-0.2, -0.15) is 4.99 Å². The van der Waals surface area contributed by atoms with Crippen LogP contribution in [0.5, 0.6) is 0 Å². The molecule has 0 atom stereocenters. The van der Waals surface area contributed by atoms with E-state index in [2.05, 4.69) is 44.5 Å². The van der Waals surface area contributed by atoms with Gasteiger partial charge in [-0.1, -0.05) is 39.5 Å². The van der Waals surface area contributed by atoms with E-state index in [4.69, 9.17) is 0 Å². The lowest BCUT2D eigenvalue weighted by Crippen LogP contribution is -2.25. The van der Waals surface area contributed by atoms with Crippen LogP contribution in [-0.2, 0) is 5.41 Å². The molecule has 0 N–H and O–H groups in total. The first-order valence-electron chi connectivity index (χ1n) is 6.04. The first-order valence-corrected chi connectivity index (χ1v) is 6.04. The summed E-state index contributed by atoms with van der Waals surface area (Å²) in [7, 11) is 0. The van der Waals surface area contributed by atoms with E-state index in [0.717, 1.165) is 11.4 Å². The molecule has 0 aromatic heterocycles. The largest absolute Gasteiger partial charge is 0.348 e. The topological polar surface area (TPSA) is 32.7 Å². The first-order chi connectivity index (χ1) is 8.41. The Hall–Kier alpha value is -1.90. The standard InChI is InChI=1S/C15H18N2O/c1-5-12-10-17(14(18)16-12)13-8-6-11(7-9-13)15(2,3)4/h5-9H,1,10H2,2-4H3. The maximum atomic E-state index is 11.7. The van der Waals surface area contributed by atoms with E-state index in [1.165, 1.54) is 5.56 Å². The Morgan fingerprint density at radius 3 is 2.33 bits per heavy atom. The number of amides is 2. The summed E-state index contributed by atoms with van der Waals surface area (Å²) < 4.78 is 0. The highest BCUT2D eigenvalue weighted by Gasteiger charge is 2.23. The number of carbonyl (C=O) groups is 1. The summed E-state index contributed by atoms with van der Waals surface area (Å²) >= 11 is 0. The highest BCUT2D eigenvalue weighted by Crippen LogP contribution is 2.26. The van der Waals surface area contributed by atoms with Gasteiger partial charge >= 0.3 is 6.03 Å². The van der Waals surface area contributed by atoms with Gasteiger partial charge in [0.1, 0.15) is 0 Å². The number of urea groups is 1. The average Bonchev–Trinajstić information content (AvgIpc) is 2.70. The van der Waals surface area contributed by atoms with Crippen LogP contribution in [0, 0.1) is 0 Å². The van der Waals surface area contributed by atoms with Crippen LogP contribution in [-0.4, -0.2) is 18.3 Å². The number of aliphatic imine (C=N–C) groups is 1. The van der Waals surface area contributed by atoms with Crippen molar-refractivity contribution in [1.29, 1.82) is 0 Å². The van der Waals surface area contributed by atoms with Crippen molar-refractivity contribution in [3.63, 3.8) is 0 Å². The quantitative estimate of drug-likeness (QED) is 0.780. The van der Waals surface area contributed by atoms with Gasteiger partial charge in [0.15, 0.2) is 0 Å². The van der Waals surface area contributed by atoms with Gasteiger partial charge in [0.25, 0.3) is 0 Å². The van der Waals surface area contributed by atoms with Gasteiger partial charge in [0.05, 0.1) is 12.3 Å². The molecule has 0 spiro atoms. The molecule has 1 heterocycles. The van der Waals surface area contributed by atoms with Crippen LogP contribution in [0.3, 0.4) is 0 Å². The van der Waals surface area contributed by atoms with Gasteiger partial charge in [0, 0.05) is 5.69 Å². The summed E-state index contributed by atoms with van der Waals surface area (Å²) in [6, 6.07) is 7.86. The minimum Gasteiger partial charge on any atom is -0.287 e. The maximum absolute atomic E-state index is 11.7. The molecule has 1 aliphatic rings. The lowest BCUT2D eigenvalue weighted by atomic mass is 9.87. The SMILES string of the molecule is C=CC1=NC(=O)N(c2ccc(C(C)(C)C)cc2)C1. The summed E-state index contributed by atoms with van der Waals surface area (Å²) in [4.78, 5) is 17.3. The molecular formula is C15H18N2O. The summed E-state index contributed by atoms with van der Waals surface area (Å²) in [5.74, 6) is 0. The van der Waals surface area contributed by atoms with Crippen molar-refractivity contribution in [2.24, 2.45) is 4.99 Å². The Bertz CT molecular complexity index is 506. The minimum absolute atomic E-state index is 0.121. The fraction of sp³-hybridized carbons (Fsp3) is 0.333. The van der Waals surface area contributed by atoms with Crippen molar-refractivity contribution in [2.45, 2.75) is 26.2 Å². The zero-order chi connectivity index (χ0) is 13.3. The molecule has 3 heteroatoms. The molecule has 94 valence electrons. The number of rotatable bonds is 2. The van der Waals surface area contributed by atoms with Crippen molar-refractivity contribution in [3.8, 4) is 0 Å². The molecule has 0 aliphatic carbocycles. The zero-order valence-electron chi connectivity index (χ0n) is 11.1. The number of hydrogen-bond acceptors (Lipinski definition) is 1. The normalized spacial score (nSPS) is 15.8. The molecule has 2 rings (SSSR count).